The van der Waals surface area contributed by atoms with E-state index < -0.39 is 13.3 Å². The van der Waals surface area contributed by atoms with Crippen molar-refractivity contribution in [3.8, 4) is 0 Å². The van der Waals surface area contributed by atoms with Crippen molar-refractivity contribution in [1.82, 2.24) is 0 Å². The van der Waals surface area contributed by atoms with Gasteiger partial charge in [-0.05, 0) is 85.9 Å². The van der Waals surface area contributed by atoms with Crippen molar-refractivity contribution in [2.75, 3.05) is 0 Å². The molecule has 0 spiro atoms. The number of Topliss-reactive ketones (excluding diaryl/α,β-unsaturated/α-hetero) is 1. The molecule has 0 aromatic rings. The molecule has 3 saturated carbocycles. The lowest BCUT2D eigenvalue weighted by Gasteiger charge is -2.59. The minimum Gasteiger partial charge on any atom is -0.324 e. The summed E-state index contributed by atoms with van der Waals surface area (Å²) in [5, 5.41) is 0. The molecular formula is C23H37O4P. The van der Waals surface area contributed by atoms with Crippen LogP contribution in [0.25, 0.3) is 0 Å². The van der Waals surface area contributed by atoms with Crippen molar-refractivity contribution < 1.29 is 19.1 Å². The fourth-order valence-electron chi connectivity index (χ4n) is 7.91. The third-order valence-corrected chi connectivity index (χ3v) is 11.0. The molecule has 0 heterocycles. The average molecular weight is 409 g/mol. The summed E-state index contributed by atoms with van der Waals surface area (Å²) in [5.74, 6) is 2.92. The summed E-state index contributed by atoms with van der Waals surface area (Å²) in [6, 6.07) is 0. The van der Waals surface area contributed by atoms with Crippen LogP contribution in [0.5, 0.6) is 0 Å². The lowest BCUT2D eigenvalue weighted by atomic mass is 9.45. The molecular weight excluding hydrogens is 371 g/mol. The molecule has 3 fully saturated rings. The van der Waals surface area contributed by atoms with E-state index in [0.29, 0.717) is 11.3 Å². The number of carbonyl (C=O) groups excluding carboxylic acids is 1. The molecule has 0 saturated heterocycles. The summed E-state index contributed by atoms with van der Waals surface area (Å²) >= 11 is 0. The maximum Gasteiger partial charge on any atom is 0.328 e. The van der Waals surface area contributed by atoms with Gasteiger partial charge in [-0.2, -0.15) is 0 Å². The van der Waals surface area contributed by atoms with Crippen LogP contribution in [0, 0.1) is 40.4 Å². The second-order valence-corrected chi connectivity index (χ2v) is 12.9. The summed E-state index contributed by atoms with van der Waals surface area (Å²) in [6.07, 6.45) is 14.3. The van der Waals surface area contributed by atoms with Crippen LogP contribution in [-0.2, 0) is 9.36 Å². The monoisotopic (exact) mass is 408 g/mol. The van der Waals surface area contributed by atoms with Crippen molar-refractivity contribution >= 4 is 13.4 Å². The zero-order chi connectivity index (χ0) is 20.3. The van der Waals surface area contributed by atoms with Gasteiger partial charge in [0.05, 0.1) is 5.66 Å². The highest BCUT2D eigenvalue weighted by atomic mass is 31.2. The molecule has 4 rings (SSSR count). The Morgan fingerprint density at radius 2 is 1.79 bits per heavy atom. The van der Waals surface area contributed by atoms with Gasteiger partial charge in [0.25, 0.3) is 0 Å². The first kappa shape index (κ1) is 20.8. The molecule has 1 unspecified atom stereocenters. The second kappa shape index (κ2) is 7.06. The van der Waals surface area contributed by atoms with E-state index in [-0.39, 0.29) is 23.5 Å². The predicted molar refractivity (Wildman–Crippen MR) is 111 cm³/mol. The van der Waals surface area contributed by atoms with Gasteiger partial charge < -0.3 is 9.79 Å². The summed E-state index contributed by atoms with van der Waals surface area (Å²) in [5.41, 5.74) is -0.404. The number of hydrogen-bond acceptors (Lipinski definition) is 2. The minimum absolute atomic E-state index is 0.00997. The Morgan fingerprint density at radius 3 is 2.50 bits per heavy atom. The van der Waals surface area contributed by atoms with Crippen LogP contribution in [-0.4, -0.2) is 21.2 Å². The van der Waals surface area contributed by atoms with Gasteiger partial charge in [0.1, 0.15) is 5.78 Å². The molecule has 0 aromatic heterocycles. The van der Waals surface area contributed by atoms with E-state index in [4.69, 9.17) is 0 Å². The highest BCUT2D eigenvalue weighted by Gasteiger charge is 2.60. The molecule has 0 radical (unpaired) electrons. The fourth-order valence-corrected chi connectivity index (χ4v) is 8.33. The lowest BCUT2D eigenvalue weighted by Crippen LogP contribution is -2.52. The Morgan fingerprint density at radius 1 is 1.07 bits per heavy atom. The Bertz CT molecular complexity index is 711. The molecule has 0 bridgehead atoms. The van der Waals surface area contributed by atoms with Gasteiger partial charge in [-0.15, -0.1) is 0 Å². The first-order valence-electron chi connectivity index (χ1n) is 11.3. The molecule has 8 atom stereocenters. The first-order valence-corrected chi connectivity index (χ1v) is 13.0. The minimum atomic E-state index is -4.19. The van der Waals surface area contributed by atoms with Gasteiger partial charge in [-0.1, -0.05) is 32.9 Å². The van der Waals surface area contributed by atoms with E-state index in [1.54, 1.807) is 0 Å². The van der Waals surface area contributed by atoms with E-state index in [9.17, 15) is 19.1 Å². The zero-order valence-electron chi connectivity index (χ0n) is 17.6. The number of fused-ring (bicyclic) bond motifs is 5. The van der Waals surface area contributed by atoms with Gasteiger partial charge in [-0.3, -0.25) is 9.36 Å². The number of rotatable bonds is 4. The van der Waals surface area contributed by atoms with E-state index in [1.807, 2.05) is 0 Å². The van der Waals surface area contributed by atoms with E-state index >= 15 is 0 Å². The Labute approximate surface area is 169 Å². The summed E-state index contributed by atoms with van der Waals surface area (Å²) in [4.78, 5) is 31.9. The largest absolute Gasteiger partial charge is 0.328 e. The van der Waals surface area contributed by atoms with E-state index in [2.05, 4.69) is 26.0 Å². The normalized spacial score (nSPS) is 46.4. The van der Waals surface area contributed by atoms with Crippen LogP contribution in [0.2, 0.25) is 0 Å². The third kappa shape index (κ3) is 3.19. The molecule has 5 heteroatoms. The molecule has 0 aliphatic heterocycles. The maximum atomic E-state index is 13.1. The topological polar surface area (TPSA) is 74.6 Å². The van der Waals surface area contributed by atoms with Crippen molar-refractivity contribution in [2.24, 2.45) is 40.4 Å². The van der Waals surface area contributed by atoms with Crippen molar-refractivity contribution in [3.05, 3.63) is 12.2 Å². The van der Waals surface area contributed by atoms with Crippen LogP contribution in [0.15, 0.2) is 12.2 Å². The fraction of sp³-hybridized carbons (Fsp3) is 0.870. The molecule has 0 aromatic carbocycles. The van der Waals surface area contributed by atoms with Crippen molar-refractivity contribution in [2.45, 2.75) is 84.2 Å². The number of ketones is 1. The molecule has 4 aliphatic carbocycles. The Balaban J connectivity index is 1.53. The Kier molecular flexibility index (Phi) is 5.25. The summed E-state index contributed by atoms with van der Waals surface area (Å²) in [7, 11) is -4.19. The number of carbonyl (C=O) groups is 1. The lowest BCUT2D eigenvalue weighted by molar-refractivity contribution is -0.132. The number of allylic oxidation sites excluding steroid dienone is 2. The van der Waals surface area contributed by atoms with Crippen LogP contribution < -0.4 is 0 Å². The van der Waals surface area contributed by atoms with Crippen LogP contribution >= 0.6 is 7.60 Å². The standard InChI is InChI=1S/C23H37O4P/c1-15(28(25,26)27)14-21(24)20-10-9-18-17-8-7-16-6-4-5-12-22(16,2)19(17)11-13-23(18,20)3/h4,6,15-20H,5,7-14H2,1-3H3,(H2,25,26,27)/t15?,16-,17+,18+,19+,20-,22+,23+/m1/s1. The quantitative estimate of drug-likeness (QED) is 0.487. The van der Waals surface area contributed by atoms with Crippen LogP contribution in [0.4, 0.5) is 0 Å². The second-order valence-electron chi connectivity index (χ2n) is 10.8. The maximum absolute atomic E-state index is 13.1. The zero-order valence-corrected chi connectivity index (χ0v) is 18.5. The predicted octanol–water partition coefficient (Wildman–Crippen LogP) is 5.34. The van der Waals surface area contributed by atoms with Gasteiger partial charge in [0.15, 0.2) is 0 Å². The molecule has 158 valence electrons. The molecule has 2 N–H and O–H groups in total. The summed E-state index contributed by atoms with van der Waals surface area (Å²) in [6.45, 7) is 6.36. The average Bonchev–Trinajstić information content (AvgIpc) is 2.97. The molecule has 4 aliphatic rings. The molecule has 4 nitrogen and oxygen atoms in total. The molecule has 28 heavy (non-hydrogen) atoms. The summed E-state index contributed by atoms with van der Waals surface area (Å²) < 4.78 is 11.5. The number of hydrogen-bond donors (Lipinski definition) is 2. The smallest absolute Gasteiger partial charge is 0.324 e. The molecule has 0 amide bonds. The van der Waals surface area contributed by atoms with Gasteiger partial charge in [-0.25, -0.2) is 0 Å². The SMILES string of the molecule is CC(CC(=O)[C@H]1CC[C@H]2[C@@H]3CC[C@H]4C=CCC[C@]4(C)[C@H]3CC[C@]12C)P(=O)(O)O. The van der Waals surface area contributed by atoms with E-state index in [0.717, 1.165) is 37.0 Å². The van der Waals surface area contributed by atoms with Crippen LogP contribution in [0.3, 0.4) is 0 Å². The third-order valence-electron chi connectivity index (χ3n) is 9.62. The highest BCUT2D eigenvalue weighted by Crippen LogP contribution is 2.67. The van der Waals surface area contributed by atoms with Gasteiger partial charge in [0, 0.05) is 12.3 Å². The highest BCUT2D eigenvalue weighted by molar-refractivity contribution is 7.52. The Hall–Kier alpha value is -0.440. The van der Waals surface area contributed by atoms with Gasteiger partial charge in [0.2, 0.25) is 0 Å². The van der Waals surface area contributed by atoms with Crippen LogP contribution in [0.1, 0.15) is 78.6 Å². The van der Waals surface area contributed by atoms with Gasteiger partial charge >= 0.3 is 7.60 Å². The van der Waals surface area contributed by atoms with Crippen molar-refractivity contribution in [3.63, 3.8) is 0 Å². The first-order chi connectivity index (χ1) is 13.1. The van der Waals surface area contributed by atoms with Crippen molar-refractivity contribution in [1.29, 1.82) is 0 Å². The van der Waals surface area contributed by atoms with E-state index in [1.165, 1.54) is 39.0 Å².